The van der Waals surface area contributed by atoms with Crippen LogP contribution in [0.15, 0.2) is 71.7 Å². The van der Waals surface area contributed by atoms with Crippen LogP contribution < -0.4 is 10.2 Å². The van der Waals surface area contributed by atoms with E-state index >= 15 is 0 Å². The molecule has 0 atom stereocenters. The van der Waals surface area contributed by atoms with Gasteiger partial charge < -0.3 is 4.74 Å². The van der Waals surface area contributed by atoms with Gasteiger partial charge in [0.05, 0.1) is 11.4 Å². The normalized spacial score (nSPS) is 11.2. The lowest BCUT2D eigenvalue weighted by Gasteiger charge is -2.05. The summed E-state index contributed by atoms with van der Waals surface area (Å²) in [6, 6.07) is 16.2. The van der Waals surface area contributed by atoms with Crippen molar-refractivity contribution < 1.29 is 4.74 Å². The van der Waals surface area contributed by atoms with Crippen molar-refractivity contribution >= 4 is 22.2 Å². The molecule has 0 unspecified atom stereocenters. The van der Waals surface area contributed by atoms with E-state index in [1.165, 1.54) is 16.9 Å². The lowest BCUT2D eigenvalue weighted by atomic mass is 10.1. The summed E-state index contributed by atoms with van der Waals surface area (Å²) in [4.78, 5) is 4.59. The zero-order chi connectivity index (χ0) is 18.4. The number of aromatic nitrogens is 1. The number of thiazole rings is 1. The molecule has 0 radical (unpaired) electrons. The molecule has 132 valence electrons. The smallest absolute Gasteiger partial charge is 0.203 e. The number of hydrogen-bond acceptors (Lipinski definition) is 5. The van der Waals surface area contributed by atoms with Gasteiger partial charge in [0.25, 0.3) is 0 Å². The highest BCUT2D eigenvalue weighted by Gasteiger charge is 2.04. The fraction of sp³-hybridized carbons (Fsp3) is 0.143. The molecule has 26 heavy (non-hydrogen) atoms. The van der Waals surface area contributed by atoms with Gasteiger partial charge >= 0.3 is 0 Å². The molecule has 0 spiro atoms. The largest absolute Gasteiger partial charge is 0.490 e. The molecule has 0 bridgehead atoms. The highest BCUT2D eigenvalue weighted by Crippen LogP contribution is 2.25. The molecule has 1 aromatic heterocycles. The summed E-state index contributed by atoms with van der Waals surface area (Å²) in [5.41, 5.74) is 8.25. The molecule has 3 aromatic rings. The van der Waals surface area contributed by atoms with Crippen molar-refractivity contribution in [3.8, 4) is 17.0 Å². The molecule has 5 heteroatoms. The van der Waals surface area contributed by atoms with Gasteiger partial charge in [-0.25, -0.2) is 4.98 Å². The van der Waals surface area contributed by atoms with Gasteiger partial charge in [-0.1, -0.05) is 42.5 Å². The molecule has 0 fully saturated rings. The van der Waals surface area contributed by atoms with E-state index < -0.39 is 0 Å². The minimum Gasteiger partial charge on any atom is -0.490 e. The number of ether oxygens (including phenoxy) is 1. The van der Waals surface area contributed by atoms with E-state index in [-0.39, 0.29) is 0 Å². The van der Waals surface area contributed by atoms with Gasteiger partial charge in [0.2, 0.25) is 5.13 Å². The summed E-state index contributed by atoms with van der Waals surface area (Å²) < 4.78 is 5.49. The summed E-state index contributed by atoms with van der Waals surface area (Å²) in [7, 11) is 0. The highest BCUT2D eigenvalue weighted by molar-refractivity contribution is 7.14. The fourth-order valence-corrected chi connectivity index (χ4v) is 2.99. The molecule has 0 aliphatic rings. The van der Waals surface area contributed by atoms with Gasteiger partial charge in [-0.05, 0) is 43.7 Å². The van der Waals surface area contributed by atoms with Crippen LogP contribution in [-0.2, 0) is 0 Å². The minimum absolute atomic E-state index is 0.501. The summed E-state index contributed by atoms with van der Waals surface area (Å²) in [6.07, 6.45) is 1.73. The first kappa shape index (κ1) is 17.9. The summed E-state index contributed by atoms with van der Waals surface area (Å²) in [5.74, 6) is 0.817. The van der Waals surface area contributed by atoms with Gasteiger partial charge in [-0.2, -0.15) is 5.10 Å². The highest BCUT2D eigenvalue weighted by atomic mass is 32.1. The molecular weight excluding hydrogens is 342 g/mol. The Labute approximate surface area is 157 Å². The van der Waals surface area contributed by atoms with Crippen molar-refractivity contribution in [3.63, 3.8) is 0 Å². The molecule has 4 nitrogen and oxygen atoms in total. The Morgan fingerprint density at radius 3 is 2.62 bits per heavy atom. The zero-order valence-electron chi connectivity index (χ0n) is 14.9. The lowest BCUT2D eigenvalue weighted by molar-refractivity contribution is 0.363. The van der Waals surface area contributed by atoms with E-state index in [1.54, 1.807) is 6.08 Å². The van der Waals surface area contributed by atoms with Gasteiger partial charge in [0.15, 0.2) is 0 Å². The first-order valence-electron chi connectivity index (χ1n) is 8.32. The standard InChI is InChI=1S/C21H21N3OS/c1-4-13-25-19-11-9-17(10-12-19)16(3)23-24-21-22-20(14-26-21)18-7-5-15(2)6-8-18/h4-12,14H,1,13H2,2-3H3,(H,22,24)/b23-16-. The Balaban J connectivity index is 1.65. The third-order valence-electron chi connectivity index (χ3n) is 3.81. The minimum atomic E-state index is 0.501. The molecule has 0 saturated heterocycles. The molecule has 1 heterocycles. The molecule has 0 amide bonds. The number of nitrogens with one attached hydrogen (secondary N) is 1. The van der Waals surface area contributed by atoms with E-state index in [2.05, 4.69) is 53.3 Å². The SMILES string of the molecule is C=CCOc1ccc(/C(C)=N\Nc2nc(-c3ccc(C)cc3)cs2)cc1. The van der Waals surface area contributed by atoms with Crippen LogP contribution in [0.4, 0.5) is 5.13 Å². The molecular formula is C21H21N3OS. The number of nitrogens with zero attached hydrogens (tertiary/aromatic N) is 2. The molecule has 2 aromatic carbocycles. The van der Waals surface area contributed by atoms with Crippen LogP contribution in [0.1, 0.15) is 18.1 Å². The van der Waals surface area contributed by atoms with Crippen LogP contribution in [0.5, 0.6) is 5.75 Å². The quantitative estimate of drug-likeness (QED) is 0.341. The first-order chi connectivity index (χ1) is 12.7. The zero-order valence-corrected chi connectivity index (χ0v) is 15.7. The molecule has 0 aliphatic heterocycles. The number of hydrogen-bond donors (Lipinski definition) is 1. The number of rotatable bonds is 7. The predicted octanol–water partition coefficient (Wildman–Crippen LogP) is 5.52. The van der Waals surface area contributed by atoms with Crippen molar-refractivity contribution in [3.05, 3.63) is 77.7 Å². The molecule has 1 N–H and O–H groups in total. The van der Waals surface area contributed by atoms with E-state index in [0.717, 1.165) is 33.4 Å². The van der Waals surface area contributed by atoms with Crippen molar-refractivity contribution in [1.29, 1.82) is 0 Å². The maximum Gasteiger partial charge on any atom is 0.203 e. The summed E-state index contributed by atoms with van der Waals surface area (Å²) in [5, 5.41) is 7.24. The Morgan fingerprint density at radius 1 is 1.19 bits per heavy atom. The van der Waals surface area contributed by atoms with Crippen molar-refractivity contribution in [2.24, 2.45) is 5.10 Å². The van der Waals surface area contributed by atoms with Crippen LogP contribution in [0, 0.1) is 6.92 Å². The third-order valence-corrected chi connectivity index (χ3v) is 4.56. The predicted molar refractivity (Wildman–Crippen MR) is 110 cm³/mol. The maximum absolute atomic E-state index is 5.49. The van der Waals surface area contributed by atoms with Crippen LogP contribution >= 0.6 is 11.3 Å². The average molecular weight is 363 g/mol. The van der Waals surface area contributed by atoms with Gasteiger partial charge in [-0.15, -0.1) is 11.3 Å². The number of benzene rings is 2. The van der Waals surface area contributed by atoms with Crippen molar-refractivity contribution in [2.75, 3.05) is 12.0 Å². The molecule has 3 rings (SSSR count). The van der Waals surface area contributed by atoms with E-state index in [1.807, 2.05) is 36.6 Å². The number of aryl methyl sites for hydroxylation is 1. The fourth-order valence-electron chi connectivity index (χ4n) is 2.33. The number of hydrazone groups is 1. The monoisotopic (exact) mass is 363 g/mol. The van der Waals surface area contributed by atoms with E-state index in [0.29, 0.717) is 6.61 Å². The van der Waals surface area contributed by atoms with E-state index in [9.17, 15) is 0 Å². The van der Waals surface area contributed by atoms with Gasteiger partial charge in [0.1, 0.15) is 12.4 Å². The third kappa shape index (κ3) is 4.58. The summed E-state index contributed by atoms with van der Waals surface area (Å²) in [6.45, 7) is 8.18. The summed E-state index contributed by atoms with van der Waals surface area (Å²) >= 11 is 1.54. The second-order valence-corrected chi connectivity index (χ2v) is 6.70. The Hall–Kier alpha value is -2.92. The van der Waals surface area contributed by atoms with Gasteiger partial charge in [-0.3, -0.25) is 5.43 Å². The van der Waals surface area contributed by atoms with Crippen LogP contribution in [-0.4, -0.2) is 17.3 Å². The molecule has 0 saturated carbocycles. The maximum atomic E-state index is 5.49. The topological polar surface area (TPSA) is 46.5 Å². The Kier molecular flexibility index (Phi) is 5.81. The van der Waals surface area contributed by atoms with Gasteiger partial charge in [0, 0.05) is 10.9 Å². The Morgan fingerprint density at radius 2 is 1.92 bits per heavy atom. The Bertz CT molecular complexity index is 896. The van der Waals surface area contributed by atoms with Crippen LogP contribution in [0.3, 0.4) is 0 Å². The average Bonchev–Trinajstić information content (AvgIpc) is 3.14. The van der Waals surface area contributed by atoms with Crippen LogP contribution in [0.25, 0.3) is 11.3 Å². The van der Waals surface area contributed by atoms with E-state index in [4.69, 9.17) is 4.74 Å². The second-order valence-electron chi connectivity index (χ2n) is 5.84. The second kappa shape index (κ2) is 8.45. The first-order valence-corrected chi connectivity index (χ1v) is 9.20. The lowest BCUT2D eigenvalue weighted by Crippen LogP contribution is -2.00. The van der Waals surface area contributed by atoms with Crippen LogP contribution in [0.2, 0.25) is 0 Å². The van der Waals surface area contributed by atoms with Crippen molar-refractivity contribution in [1.82, 2.24) is 4.98 Å². The van der Waals surface area contributed by atoms with Crippen molar-refractivity contribution in [2.45, 2.75) is 13.8 Å². The number of anilines is 1. The molecule has 0 aliphatic carbocycles.